The molecule has 0 saturated carbocycles. The first-order valence-corrected chi connectivity index (χ1v) is 6.91. The Hall–Kier alpha value is -2.37. The van der Waals surface area contributed by atoms with Gasteiger partial charge in [-0.3, -0.25) is 9.59 Å². The average Bonchev–Trinajstić information content (AvgIpc) is 2.89. The highest BCUT2D eigenvalue weighted by atomic mass is 16.4. The van der Waals surface area contributed by atoms with Crippen LogP contribution in [0.2, 0.25) is 0 Å². The second-order valence-electron chi connectivity index (χ2n) is 5.21. The molecule has 0 radical (unpaired) electrons. The largest absolute Gasteiger partial charge is 0.480 e. The van der Waals surface area contributed by atoms with Crippen LogP contribution in [0.1, 0.15) is 40.7 Å². The van der Waals surface area contributed by atoms with Crippen molar-refractivity contribution < 1.29 is 19.5 Å². The van der Waals surface area contributed by atoms with Gasteiger partial charge in [-0.1, -0.05) is 6.07 Å². The number of rotatable bonds is 6. The van der Waals surface area contributed by atoms with Crippen LogP contribution in [0.3, 0.4) is 0 Å². The monoisotopic (exact) mass is 290 g/mol. The van der Waals surface area contributed by atoms with Gasteiger partial charge in [-0.05, 0) is 48.9 Å². The van der Waals surface area contributed by atoms with Crippen molar-refractivity contribution >= 4 is 17.8 Å². The van der Waals surface area contributed by atoms with Gasteiger partial charge in [-0.25, -0.2) is 4.79 Å². The summed E-state index contributed by atoms with van der Waals surface area (Å²) >= 11 is 0. The summed E-state index contributed by atoms with van der Waals surface area (Å²) in [5.41, 5.74) is 7.84. The van der Waals surface area contributed by atoms with Gasteiger partial charge in [0, 0.05) is 12.0 Å². The molecular formula is C15H18N2O4. The zero-order chi connectivity index (χ0) is 15.4. The van der Waals surface area contributed by atoms with Gasteiger partial charge < -0.3 is 16.2 Å². The fourth-order valence-electron chi connectivity index (χ4n) is 2.50. The smallest absolute Gasteiger partial charge is 0.326 e. The van der Waals surface area contributed by atoms with E-state index in [4.69, 9.17) is 10.8 Å². The third kappa shape index (κ3) is 3.81. The lowest BCUT2D eigenvalue weighted by molar-refractivity contribution is -0.139. The van der Waals surface area contributed by atoms with Crippen LogP contribution in [-0.2, 0) is 22.4 Å². The number of amides is 2. The molecule has 1 aliphatic rings. The number of benzene rings is 1. The summed E-state index contributed by atoms with van der Waals surface area (Å²) < 4.78 is 0. The maximum atomic E-state index is 12.1. The minimum Gasteiger partial charge on any atom is -0.480 e. The van der Waals surface area contributed by atoms with E-state index < -0.39 is 23.8 Å². The van der Waals surface area contributed by atoms with Gasteiger partial charge in [0.2, 0.25) is 5.91 Å². The molecule has 0 aliphatic heterocycles. The van der Waals surface area contributed by atoms with Crippen LogP contribution in [0.5, 0.6) is 0 Å². The lowest BCUT2D eigenvalue weighted by Crippen LogP contribution is -2.41. The first-order valence-electron chi connectivity index (χ1n) is 6.91. The molecule has 0 fully saturated rings. The summed E-state index contributed by atoms with van der Waals surface area (Å²) in [6.07, 6.45) is 2.95. The van der Waals surface area contributed by atoms with Crippen molar-refractivity contribution in [2.75, 3.05) is 0 Å². The van der Waals surface area contributed by atoms with E-state index in [-0.39, 0.29) is 12.8 Å². The number of aryl methyl sites for hydroxylation is 2. The van der Waals surface area contributed by atoms with Crippen LogP contribution >= 0.6 is 0 Å². The van der Waals surface area contributed by atoms with Crippen molar-refractivity contribution in [3.05, 3.63) is 34.9 Å². The van der Waals surface area contributed by atoms with E-state index in [2.05, 4.69) is 5.32 Å². The zero-order valence-corrected chi connectivity index (χ0v) is 11.6. The summed E-state index contributed by atoms with van der Waals surface area (Å²) in [4.78, 5) is 33.9. The molecule has 2 rings (SSSR count). The topological polar surface area (TPSA) is 109 Å². The molecule has 1 atom stereocenters. The first-order chi connectivity index (χ1) is 9.97. The van der Waals surface area contributed by atoms with E-state index in [1.807, 2.05) is 12.1 Å². The molecule has 0 aromatic heterocycles. The van der Waals surface area contributed by atoms with Gasteiger partial charge in [0.05, 0.1) is 0 Å². The Morgan fingerprint density at radius 3 is 2.62 bits per heavy atom. The quantitative estimate of drug-likeness (QED) is 0.713. The Balaban J connectivity index is 2.04. The number of fused-ring (bicyclic) bond motifs is 1. The molecule has 1 aromatic carbocycles. The minimum absolute atomic E-state index is 0.0126. The maximum absolute atomic E-state index is 12.1. The van der Waals surface area contributed by atoms with Crippen LogP contribution in [0.25, 0.3) is 0 Å². The zero-order valence-electron chi connectivity index (χ0n) is 11.6. The van der Waals surface area contributed by atoms with Crippen molar-refractivity contribution in [1.82, 2.24) is 5.32 Å². The molecule has 1 aliphatic carbocycles. The fraction of sp³-hybridized carbons (Fsp3) is 0.400. The van der Waals surface area contributed by atoms with Crippen LogP contribution in [0.4, 0.5) is 0 Å². The van der Waals surface area contributed by atoms with Gasteiger partial charge in [0.1, 0.15) is 6.04 Å². The number of hydrogen-bond acceptors (Lipinski definition) is 3. The van der Waals surface area contributed by atoms with Crippen LogP contribution < -0.4 is 11.1 Å². The molecule has 4 N–H and O–H groups in total. The van der Waals surface area contributed by atoms with E-state index in [1.54, 1.807) is 6.07 Å². The number of carbonyl (C=O) groups is 3. The lowest BCUT2D eigenvalue weighted by atomic mass is 10.1. The molecule has 0 unspecified atom stereocenters. The Morgan fingerprint density at radius 1 is 1.24 bits per heavy atom. The number of nitrogens with two attached hydrogens (primary N) is 1. The summed E-state index contributed by atoms with van der Waals surface area (Å²) in [6, 6.07) is 4.31. The Kier molecular flexibility index (Phi) is 4.57. The molecule has 0 bridgehead atoms. The Bertz CT molecular complexity index is 583. The molecular weight excluding hydrogens is 272 g/mol. The SMILES string of the molecule is NC(=O)CC[C@@H](NC(=O)c1ccc2c(c1)CCC2)C(=O)O. The van der Waals surface area contributed by atoms with E-state index in [0.717, 1.165) is 24.8 Å². The molecule has 0 spiro atoms. The van der Waals surface area contributed by atoms with Gasteiger partial charge in [-0.2, -0.15) is 0 Å². The molecule has 6 nitrogen and oxygen atoms in total. The summed E-state index contributed by atoms with van der Waals surface area (Å²) in [5, 5.41) is 11.5. The number of nitrogens with one attached hydrogen (secondary N) is 1. The van der Waals surface area contributed by atoms with Crippen molar-refractivity contribution in [3.8, 4) is 0 Å². The maximum Gasteiger partial charge on any atom is 0.326 e. The van der Waals surface area contributed by atoms with Crippen LogP contribution in [-0.4, -0.2) is 28.9 Å². The van der Waals surface area contributed by atoms with Gasteiger partial charge in [0.25, 0.3) is 5.91 Å². The third-order valence-electron chi connectivity index (χ3n) is 3.64. The van der Waals surface area contributed by atoms with E-state index in [0.29, 0.717) is 5.56 Å². The molecule has 0 heterocycles. The second-order valence-corrected chi connectivity index (χ2v) is 5.21. The van der Waals surface area contributed by atoms with E-state index in [9.17, 15) is 14.4 Å². The van der Waals surface area contributed by atoms with Crippen molar-refractivity contribution in [3.63, 3.8) is 0 Å². The van der Waals surface area contributed by atoms with Gasteiger partial charge in [0.15, 0.2) is 0 Å². The van der Waals surface area contributed by atoms with Crippen LogP contribution in [0.15, 0.2) is 18.2 Å². The summed E-state index contributed by atoms with van der Waals surface area (Å²) in [7, 11) is 0. The third-order valence-corrected chi connectivity index (χ3v) is 3.64. The van der Waals surface area contributed by atoms with E-state index >= 15 is 0 Å². The fourth-order valence-corrected chi connectivity index (χ4v) is 2.50. The van der Waals surface area contributed by atoms with Crippen molar-refractivity contribution in [2.45, 2.75) is 38.1 Å². The number of carboxylic acids is 1. The van der Waals surface area contributed by atoms with Gasteiger partial charge in [-0.15, -0.1) is 0 Å². The Morgan fingerprint density at radius 2 is 1.95 bits per heavy atom. The first kappa shape index (κ1) is 15.0. The molecule has 1 aromatic rings. The Labute approximate surface area is 122 Å². The van der Waals surface area contributed by atoms with Crippen molar-refractivity contribution in [2.24, 2.45) is 5.73 Å². The number of carboxylic acid groups (broad SMARTS) is 1. The predicted molar refractivity (Wildman–Crippen MR) is 75.8 cm³/mol. The number of aliphatic carboxylic acids is 1. The minimum atomic E-state index is -1.18. The normalized spacial score (nSPS) is 14.3. The highest BCUT2D eigenvalue weighted by Crippen LogP contribution is 2.22. The highest BCUT2D eigenvalue weighted by Gasteiger charge is 2.22. The molecule has 0 saturated heterocycles. The lowest BCUT2D eigenvalue weighted by Gasteiger charge is -2.14. The highest BCUT2D eigenvalue weighted by molar-refractivity contribution is 5.97. The summed E-state index contributed by atoms with van der Waals surface area (Å²) in [5.74, 6) is -2.21. The second kappa shape index (κ2) is 6.39. The number of hydrogen-bond donors (Lipinski definition) is 3. The predicted octanol–water partition coefficient (Wildman–Crippen LogP) is 0.624. The standard InChI is InChI=1S/C15H18N2O4/c16-13(18)7-6-12(15(20)21)17-14(19)11-5-4-9-2-1-3-10(9)8-11/h4-5,8,12H,1-3,6-7H2,(H2,16,18)(H,17,19)(H,20,21)/t12-/m1/s1. The molecule has 21 heavy (non-hydrogen) atoms. The molecule has 2 amide bonds. The van der Waals surface area contributed by atoms with Gasteiger partial charge >= 0.3 is 5.97 Å². The number of primary amides is 1. The summed E-state index contributed by atoms with van der Waals surface area (Å²) in [6.45, 7) is 0. The molecule has 6 heteroatoms. The van der Waals surface area contributed by atoms with Crippen LogP contribution in [0, 0.1) is 0 Å². The van der Waals surface area contributed by atoms with Crippen molar-refractivity contribution in [1.29, 1.82) is 0 Å². The number of carbonyl (C=O) groups excluding carboxylic acids is 2. The average molecular weight is 290 g/mol. The van der Waals surface area contributed by atoms with E-state index in [1.165, 1.54) is 5.56 Å². The molecule has 112 valence electrons.